The normalized spacial score (nSPS) is 20.8. The van der Waals surface area contributed by atoms with Gasteiger partial charge in [0.2, 0.25) is 0 Å². The van der Waals surface area contributed by atoms with Crippen LogP contribution in [0.15, 0.2) is 64.8 Å². The monoisotopic (exact) mass is 466 g/mol. The zero-order valence-corrected chi connectivity index (χ0v) is 18.9. The van der Waals surface area contributed by atoms with Gasteiger partial charge in [0, 0.05) is 16.6 Å². The lowest BCUT2D eigenvalue weighted by atomic mass is 10.0. The number of likely N-dealkylation sites (tertiary alicyclic amines) is 1. The van der Waals surface area contributed by atoms with Crippen molar-refractivity contribution >= 4 is 22.0 Å². The van der Waals surface area contributed by atoms with Gasteiger partial charge >= 0.3 is 6.09 Å². The average Bonchev–Trinajstić information content (AvgIpc) is 3.35. The number of rotatable bonds is 3. The lowest BCUT2D eigenvalue weighted by molar-refractivity contribution is 0.0166. The predicted octanol–water partition coefficient (Wildman–Crippen LogP) is 6.14. The van der Waals surface area contributed by atoms with Gasteiger partial charge in [-0.3, -0.25) is 4.90 Å². The first-order chi connectivity index (χ1) is 14.3. The Morgan fingerprint density at radius 3 is 2.63 bits per heavy atom. The van der Waals surface area contributed by atoms with E-state index in [1.807, 2.05) is 80.4 Å². The van der Waals surface area contributed by atoms with Crippen LogP contribution in [-0.4, -0.2) is 32.6 Å². The summed E-state index contributed by atoms with van der Waals surface area (Å²) in [7, 11) is 0. The van der Waals surface area contributed by atoms with E-state index in [-0.39, 0.29) is 18.2 Å². The molecular formula is C24H25BrN3O2+. The van der Waals surface area contributed by atoms with Crippen LogP contribution in [0.1, 0.15) is 45.5 Å². The SMILES string of the molecule is CC(C)(C)OC(=O)N1[C@@H](C2=CC=C[C+]=C2)CC[C@H]1c1ncc(-c2ccc(Br)cc2)[nH]1. The van der Waals surface area contributed by atoms with E-state index in [4.69, 9.17) is 4.74 Å². The highest BCUT2D eigenvalue weighted by atomic mass is 79.9. The molecule has 5 nitrogen and oxygen atoms in total. The number of benzene rings is 1. The second-order valence-corrected chi connectivity index (χ2v) is 9.44. The first-order valence-corrected chi connectivity index (χ1v) is 10.9. The summed E-state index contributed by atoms with van der Waals surface area (Å²) in [6.45, 7) is 5.67. The largest absolute Gasteiger partial charge is 0.444 e. The molecule has 154 valence electrons. The van der Waals surface area contributed by atoms with Crippen molar-refractivity contribution in [2.75, 3.05) is 0 Å². The zero-order chi connectivity index (χ0) is 21.3. The highest BCUT2D eigenvalue weighted by Crippen LogP contribution is 2.40. The molecule has 1 amide bonds. The fraction of sp³-hybridized carbons (Fsp3) is 0.333. The number of ether oxygens (including phenoxy) is 1. The van der Waals surface area contributed by atoms with Gasteiger partial charge in [-0.25, -0.2) is 9.78 Å². The number of hydrogen-bond donors (Lipinski definition) is 1. The molecule has 6 heteroatoms. The fourth-order valence-corrected chi connectivity index (χ4v) is 4.14. The number of imidazole rings is 1. The second kappa shape index (κ2) is 8.21. The third-order valence-electron chi connectivity index (χ3n) is 5.17. The van der Waals surface area contributed by atoms with E-state index in [0.717, 1.165) is 40.0 Å². The molecule has 1 N–H and O–H groups in total. The molecule has 2 aliphatic rings. The molecule has 30 heavy (non-hydrogen) atoms. The van der Waals surface area contributed by atoms with Crippen molar-refractivity contribution in [3.8, 4) is 11.3 Å². The summed E-state index contributed by atoms with van der Waals surface area (Å²) in [5, 5.41) is 0. The molecule has 0 radical (unpaired) electrons. The first kappa shape index (κ1) is 20.6. The predicted molar refractivity (Wildman–Crippen MR) is 121 cm³/mol. The summed E-state index contributed by atoms with van der Waals surface area (Å²) in [5.74, 6) is 0.779. The van der Waals surface area contributed by atoms with Crippen molar-refractivity contribution in [2.45, 2.75) is 51.3 Å². The van der Waals surface area contributed by atoms with Crippen LogP contribution in [0.4, 0.5) is 4.79 Å². The van der Waals surface area contributed by atoms with Gasteiger partial charge < -0.3 is 9.72 Å². The number of aromatic nitrogens is 2. The molecule has 1 saturated heterocycles. The van der Waals surface area contributed by atoms with Gasteiger partial charge in [0.1, 0.15) is 29.6 Å². The van der Waals surface area contributed by atoms with Gasteiger partial charge in [-0.05, 0) is 51.3 Å². The smallest absolute Gasteiger partial charge is 0.412 e. The Hall–Kier alpha value is -2.69. The number of H-pyrrole nitrogens is 1. The number of amides is 1. The van der Waals surface area contributed by atoms with Crippen molar-refractivity contribution in [3.63, 3.8) is 0 Å². The minimum absolute atomic E-state index is 0.0662. The molecule has 0 saturated carbocycles. The van der Waals surface area contributed by atoms with Crippen molar-refractivity contribution in [2.24, 2.45) is 0 Å². The molecule has 1 aliphatic heterocycles. The minimum atomic E-state index is -0.566. The van der Waals surface area contributed by atoms with E-state index in [2.05, 4.69) is 32.0 Å². The number of allylic oxidation sites excluding steroid dienone is 4. The van der Waals surface area contributed by atoms with Crippen LogP contribution >= 0.6 is 15.9 Å². The lowest BCUT2D eigenvalue weighted by Gasteiger charge is -2.31. The molecule has 4 rings (SSSR count). The van der Waals surface area contributed by atoms with Crippen molar-refractivity contribution in [1.29, 1.82) is 0 Å². The van der Waals surface area contributed by atoms with Crippen LogP contribution in [0.5, 0.6) is 0 Å². The van der Waals surface area contributed by atoms with Gasteiger partial charge in [0.05, 0.1) is 29.6 Å². The lowest BCUT2D eigenvalue weighted by Crippen LogP contribution is -2.42. The molecule has 0 unspecified atom stereocenters. The van der Waals surface area contributed by atoms with Crippen molar-refractivity contribution in [1.82, 2.24) is 14.9 Å². The maximum Gasteiger partial charge on any atom is 0.412 e. The van der Waals surface area contributed by atoms with Crippen LogP contribution in [0.2, 0.25) is 0 Å². The Morgan fingerprint density at radius 1 is 1.23 bits per heavy atom. The molecule has 0 spiro atoms. The Bertz CT molecular complexity index is 1010. The molecule has 2 aromatic rings. The summed E-state index contributed by atoms with van der Waals surface area (Å²) >= 11 is 3.47. The van der Waals surface area contributed by atoms with Crippen LogP contribution < -0.4 is 0 Å². The maximum atomic E-state index is 13.2. The Balaban J connectivity index is 1.65. The van der Waals surface area contributed by atoms with E-state index in [1.54, 1.807) is 0 Å². The van der Waals surface area contributed by atoms with E-state index < -0.39 is 5.60 Å². The quantitative estimate of drug-likeness (QED) is 0.552. The Kier molecular flexibility index (Phi) is 5.63. The van der Waals surface area contributed by atoms with Gasteiger partial charge in [-0.1, -0.05) is 28.1 Å². The molecular weight excluding hydrogens is 442 g/mol. The number of carbonyl (C=O) groups is 1. The summed E-state index contributed by atoms with van der Waals surface area (Å²) in [6, 6.07) is 7.83. The van der Waals surface area contributed by atoms with Gasteiger partial charge in [0.15, 0.2) is 0 Å². The van der Waals surface area contributed by atoms with E-state index in [1.165, 1.54) is 0 Å². The van der Waals surface area contributed by atoms with Crippen LogP contribution in [-0.2, 0) is 4.74 Å². The molecule has 0 bridgehead atoms. The molecule has 2 atom stereocenters. The average molecular weight is 467 g/mol. The van der Waals surface area contributed by atoms with E-state index in [9.17, 15) is 4.79 Å². The summed E-state index contributed by atoms with van der Waals surface area (Å²) in [6.07, 6.45) is 14.1. The first-order valence-electron chi connectivity index (χ1n) is 10.1. The van der Waals surface area contributed by atoms with E-state index >= 15 is 0 Å². The fourth-order valence-electron chi connectivity index (χ4n) is 3.87. The standard InChI is InChI=1S/C24H25BrN3O2/c1-24(2,3)30-23(29)28-20(17-7-5-4-6-8-17)13-14-21(28)22-26-15-19(27-22)16-9-11-18(25)12-10-16/h4-5,7-12,15,20-21H,13-14H2,1-3H3,(H,26,27)/q+1/t20-,21+/m1/s1. The Labute approximate surface area is 185 Å². The number of halogens is 1. The van der Waals surface area contributed by atoms with Crippen LogP contribution in [0.3, 0.4) is 0 Å². The van der Waals surface area contributed by atoms with Crippen molar-refractivity contribution in [3.05, 3.63) is 76.7 Å². The summed E-state index contributed by atoms with van der Waals surface area (Å²) in [4.78, 5) is 23.1. The number of nitrogens with one attached hydrogen (secondary N) is 1. The van der Waals surface area contributed by atoms with Gasteiger partial charge in [-0.15, -0.1) is 0 Å². The number of nitrogens with zero attached hydrogens (tertiary/aromatic N) is 2. The van der Waals surface area contributed by atoms with Gasteiger partial charge in [0.25, 0.3) is 0 Å². The van der Waals surface area contributed by atoms with Crippen LogP contribution in [0.25, 0.3) is 11.3 Å². The third-order valence-corrected chi connectivity index (χ3v) is 5.70. The zero-order valence-electron chi connectivity index (χ0n) is 17.4. The van der Waals surface area contributed by atoms with Crippen LogP contribution in [0, 0.1) is 6.08 Å². The van der Waals surface area contributed by atoms with E-state index in [0.29, 0.717) is 0 Å². The Morgan fingerprint density at radius 2 is 1.97 bits per heavy atom. The maximum absolute atomic E-state index is 13.2. The highest BCUT2D eigenvalue weighted by molar-refractivity contribution is 9.10. The summed E-state index contributed by atoms with van der Waals surface area (Å²) in [5.41, 5.74) is 2.47. The second-order valence-electron chi connectivity index (χ2n) is 8.52. The third kappa shape index (κ3) is 4.40. The minimum Gasteiger partial charge on any atom is -0.444 e. The van der Waals surface area contributed by atoms with Crippen molar-refractivity contribution < 1.29 is 9.53 Å². The molecule has 1 aliphatic carbocycles. The topological polar surface area (TPSA) is 58.2 Å². The number of carbonyl (C=O) groups excluding carboxylic acids is 1. The van der Waals surface area contributed by atoms with Gasteiger partial charge in [-0.2, -0.15) is 0 Å². The molecule has 1 fully saturated rings. The highest BCUT2D eigenvalue weighted by Gasteiger charge is 2.44. The molecule has 2 heterocycles. The summed E-state index contributed by atoms with van der Waals surface area (Å²) < 4.78 is 6.79. The number of aromatic amines is 1. The molecule has 1 aromatic heterocycles. The number of hydrogen-bond acceptors (Lipinski definition) is 3. The molecule has 1 aromatic carbocycles.